The van der Waals surface area contributed by atoms with Gasteiger partial charge in [-0.3, -0.25) is 0 Å². The van der Waals surface area contributed by atoms with Crippen molar-refractivity contribution in [3.8, 4) is 0 Å². The van der Waals surface area contributed by atoms with E-state index in [0.717, 1.165) is 24.7 Å². The van der Waals surface area contributed by atoms with Gasteiger partial charge in [-0.25, -0.2) is 0 Å². The summed E-state index contributed by atoms with van der Waals surface area (Å²) in [4.78, 5) is 0. The maximum Gasteiger partial charge on any atom is 0.0471 e. The van der Waals surface area contributed by atoms with Gasteiger partial charge in [0.05, 0.1) is 0 Å². The fourth-order valence-electron chi connectivity index (χ4n) is 1.36. The fourth-order valence-corrected chi connectivity index (χ4v) is 1.49. The van der Waals surface area contributed by atoms with Crippen LogP contribution in [0.5, 0.6) is 0 Å². The van der Waals surface area contributed by atoms with Gasteiger partial charge in [0.2, 0.25) is 0 Å². The van der Waals surface area contributed by atoms with Crippen molar-refractivity contribution in [1.29, 1.82) is 0 Å². The first kappa shape index (κ1) is 11.5. The highest BCUT2D eigenvalue weighted by atomic mass is 35.5. The van der Waals surface area contributed by atoms with Crippen LogP contribution in [0, 0.1) is 0 Å². The van der Waals surface area contributed by atoms with Crippen molar-refractivity contribution < 1.29 is 4.74 Å². The zero-order valence-electron chi connectivity index (χ0n) is 8.79. The van der Waals surface area contributed by atoms with Crippen LogP contribution in [0.1, 0.15) is 31.7 Å². The predicted octanol–water partition coefficient (Wildman–Crippen LogP) is 3.87. The molecule has 0 N–H and O–H groups in total. The monoisotopic (exact) mass is 212 g/mol. The van der Waals surface area contributed by atoms with Crippen LogP contribution in [0.2, 0.25) is 5.02 Å². The van der Waals surface area contributed by atoms with Gasteiger partial charge in [0.15, 0.2) is 0 Å². The van der Waals surface area contributed by atoms with Crippen molar-refractivity contribution >= 4 is 11.6 Å². The lowest BCUT2D eigenvalue weighted by Gasteiger charge is -2.11. The van der Waals surface area contributed by atoms with Gasteiger partial charge in [0.25, 0.3) is 0 Å². The predicted molar refractivity (Wildman–Crippen MR) is 61.0 cm³/mol. The molecule has 0 aliphatic heterocycles. The first-order valence-electron chi connectivity index (χ1n) is 5.07. The Balaban J connectivity index is 2.43. The van der Waals surface area contributed by atoms with Crippen LogP contribution < -0.4 is 0 Å². The minimum Gasteiger partial charge on any atom is -0.382 e. The highest BCUT2D eigenvalue weighted by Crippen LogP contribution is 2.20. The smallest absolute Gasteiger partial charge is 0.0471 e. The van der Waals surface area contributed by atoms with Crippen LogP contribution in [0.4, 0.5) is 0 Å². The minimum absolute atomic E-state index is 0.541. The van der Waals surface area contributed by atoms with Gasteiger partial charge in [-0.1, -0.05) is 30.7 Å². The van der Waals surface area contributed by atoms with Crippen LogP contribution in [-0.2, 0) is 4.74 Å². The van der Waals surface area contributed by atoms with Crippen LogP contribution >= 0.6 is 11.6 Å². The molecule has 14 heavy (non-hydrogen) atoms. The van der Waals surface area contributed by atoms with Gasteiger partial charge < -0.3 is 4.74 Å². The quantitative estimate of drug-likeness (QED) is 0.674. The Bertz CT molecular complexity index is 256. The van der Waals surface area contributed by atoms with E-state index < -0.39 is 0 Å². The molecule has 1 aromatic rings. The Morgan fingerprint density at radius 3 is 2.50 bits per heavy atom. The summed E-state index contributed by atoms with van der Waals surface area (Å²) < 4.78 is 5.32. The molecule has 0 radical (unpaired) electrons. The lowest BCUT2D eigenvalue weighted by atomic mass is 9.98. The number of ether oxygens (including phenoxy) is 1. The zero-order valence-corrected chi connectivity index (χ0v) is 9.55. The van der Waals surface area contributed by atoms with E-state index in [1.807, 2.05) is 19.1 Å². The Morgan fingerprint density at radius 1 is 1.29 bits per heavy atom. The molecule has 1 rings (SSSR count). The molecule has 1 atom stereocenters. The molecule has 0 fully saturated rings. The summed E-state index contributed by atoms with van der Waals surface area (Å²) in [6, 6.07) is 8.04. The summed E-state index contributed by atoms with van der Waals surface area (Å²) in [5.41, 5.74) is 1.33. The summed E-state index contributed by atoms with van der Waals surface area (Å²) in [5.74, 6) is 0.541. The SMILES string of the molecule is CCOCCC(C)c1ccc(Cl)cc1. The van der Waals surface area contributed by atoms with E-state index in [-0.39, 0.29) is 0 Å². The van der Waals surface area contributed by atoms with E-state index in [0.29, 0.717) is 5.92 Å². The molecule has 0 spiro atoms. The van der Waals surface area contributed by atoms with Crippen LogP contribution in [0.3, 0.4) is 0 Å². The summed E-state index contributed by atoms with van der Waals surface area (Å²) >= 11 is 5.82. The van der Waals surface area contributed by atoms with E-state index in [4.69, 9.17) is 16.3 Å². The molecule has 0 saturated carbocycles. The normalized spacial score (nSPS) is 12.8. The second-order valence-corrected chi connectivity index (χ2v) is 3.87. The first-order chi connectivity index (χ1) is 6.74. The van der Waals surface area contributed by atoms with Crippen molar-refractivity contribution in [2.24, 2.45) is 0 Å². The van der Waals surface area contributed by atoms with Crippen LogP contribution in [0.25, 0.3) is 0 Å². The molecular weight excluding hydrogens is 196 g/mol. The van der Waals surface area contributed by atoms with E-state index in [1.54, 1.807) is 0 Å². The molecule has 0 amide bonds. The van der Waals surface area contributed by atoms with Gasteiger partial charge >= 0.3 is 0 Å². The molecule has 0 aromatic heterocycles. The third-order valence-electron chi connectivity index (χ3n) is 2.34. The van der Waals surface area contributed by atoms with E-state index >= 15 is 0 Å². The maximum atomic E-state index is 5.82. The topological polar surface area (TPSA) is 9.23 Å². The van der Waals surface area contributed by atoms with Crippen molar-refractivity contribution in [2.45, 2.75) is 26.2 Å². The molecule has 0 bridgehead atoms. The molecule has 0 heterocycles. The van der Waals surface area contributed by atoms with E-state index in [1.165, 1.54) is 5.56 Å². The van der Waals surface area contributed by atoms with Crippen LogP contribution in [0.15, 0.2) is 24.3 Å². The molecule has 1 aromatic carbocycles. The molecular formula is C12H17ClO. The highest BCUT2D eigenvalue weighted by molar-refractivity contribution is 6.30. The molecule has 0 aliphatic rings. The Hall–Kier alpha value is -0.530. The van der Waals surface area contributed by atoms with Gasteiger partial charge in [0, 0.05) is 18.2 Å². The minimum atomic E-state index is 0.541. The van der Waals surface area contributed by atoms with Gasteiger partial charge in [-0.15, -0.1) is 0 Å². The number of rotatable bonds is 5. The third-order valence-corrected chi connectivity index (χ3v) is 2.59. The summed E-state index contributed by atoms with van der Waals surface area (Å²) in [6.45, 7) is 5.86. The van der Waals surface area contributed by atoms with Crippen LogP contribution in [-0.4, -0.2) is 13.2 Å². The van der Waals surface area contributed by atoms with Gasteiger partial charge in [-0.05, 0) is 37.0 Å². The van der Waals surface area contributed by atoms with Crippen molar-refractivity contribution in [2.75, 3.05) is 13.2 Å². The fraction of sp³-hybridized carbons (Fsp3) is 0.500. The number of benzene rings is 1. The van der Waals surface area contributed by atoms with Gasteiger partial charge in [-0.2, -0.15) is 0 Å². The number of hydrogen-bond donors (Lipinski definition) is 0. The lowest BCUT2D eigenvalue weighted by molar-refractivity contribution is 0.141. The van der Waals surface area contributed by atoms with Gasteiger partial charge in [0.1, 0.15) is 0 Å². The number of halogens is 1. The average molecular weight is 213 g/mol. The summed E-state index contributed by atoms with van der Waals surface area (Å²) in [7, 11) is 0. The first-order valence-corrected chi connectivity index (χ1v) is 5.45. The second kappa shape index (κ2) is 6.05. The molecule has 78 valence electrons. The molecule has 0 saturated heterocycles. The van der Waals surface area contributed by atoms with E-state index in [9.17, 15) is 0 Å². The third kappa shape index (κ3) is 3.69. The summed E-state index contributed by atoms with van der Waals surface area (Å²) in [6.07, 6.45) is 1.06. The Kier molecular flexibility index (Phi) is 4.99. The molecule has 1 nitrogen and oxygen atoms in total. The Labute approximate surface area is 91.0 Å². The standard InChI is InChI=1S/C12H17ClO/c1-3-14-9-8-10(2)11-4-6-12(13)7-5-11/h4-7,10H,3,8-9H2,1-2H3. The number of hydrogen-bond acceptors (Lipinski definition) is 1. The lowest BCUT2D eigenvalue weighted by Crippen LogP contribution is -2.00. The maximum absolute atomic E-state index is 5.82. The van der Waals surface area contributed by atoms with Crippen molar-refractivity contribution in [3.05, 3.63) is 34.9 Å². The highest BCUT2D eigenvalue weighted by Gasteiger charge is 2.04. The summed E-state index contributed by atoms with van der Waals surface area (Å²) in [5, 5.41) is 0.797. The van der Waals surface area contributed by atoms with E-state index in [2.05, 4.69) is 19.1 Å². The molecule has 0 aliphatic carbocycles. The van der Waals surface area contributed by atoms with Crippen molar-refractivity contribution in [1.82, 2.24) is 0 Å². The average Bonchev–Trinajstić information content (AvgIpc) is 2.19. The molecule has 2 heteroatoms. The largest absolute Gasteiger partial charge is 0.382 e. The molecule has 1 unspecified atom stereocenters. The van der Waals surface area contributed by atoms with Crippen molar-refractivity contribution in [3.63, 3.8) is 0 Å². The zero-order chi connectivity index (χ0) is 10.4. The Morgan fingerprint density at radius 2 is 1.93 bits per heavy atom. The second-order valence-electron chi connectivity index (χ2n) is 3.44.